The Morgan fingerprint density at radius 1 is 1.55 bits per heavy atom. The number of hydrogen-bond acceptors (Lipinski definition) is 4. The fraction of sp³-hybridized carbons (Fsp3) is 0.714. The van der Waals surface area contributed by atoms with Gasteiger partial charge in [0.2, 0.25) is 0 Å². The van der Waals surface area contributed by atoms with E-state index in [2.05, 4.69) is 10.3 Å². The van der Waals surface area contributed by atoms with E-state index < -0.39 is 0 Å². The van der Waals surface area contributed by atoms with Crippen molar-refractivity contribution >= 4 is 5.91 Å². The molecule has 0 saturated carbocycles. The van der Waals surface area contributed by atoms with Gasteiger partial charge in [0.15, 0.2) is 5.82 Å². The molecule has 3 heterocycles. The van der Waals surface area contributed by atoms with Gasteiger partial charge in [0.25, 0.3) is 5.91 Å². The maximum atomic E-state index is 12.6. The molecule has 2 N–H and O–H groups in total. The summed E-state index contributed by atoms with van der Waals surface area (Å²) in [5, 5.41) is 13.0. The first-order valence-electron chi connectivity index (χ1n) is 7.24. The van der Waals surface area contributed by atoms with E-state index in [-0.39, 0.29) is 23.8 Å². The third kappa shape index (κ3) is 2.13. The second-order valence-electron chi connectivity index (χ2n) is 6.04. The molecule has 1 spiro atoms. The number of aliphatic hydroxyl groups excluding tert-OH is 1. The van der Waals surface area contributed by atoms with Crippen LogP contribution in [0.3, 0.4) is 0 Å². The van der Waals surface area contributed by atoms with Crippen LogP contribution in [0, 0.1) is 11.3 Å². The molecule has 1 unspecified atom stereocenters. The molecule has 0 bridgehead atoms. The van der Waals surface area contributed by atoms with Gasteiger partial charge < -0.3 is 19.9 Å². The molecule has 110 valence electrons. The number of imidazole rings is 1. The van der Waals surface area contributed by atoms with Gasteiger partial charge in [-0.3, -0.25) is 4.79 Å². The number of nitrogens with one attached hydrogen (secondary N) is 1. The van der Waals surface area contributed by atoms with E-state index in [9.17, 15) is 9.90 Å². The second kappa shape index (κ2) is 5.18. The number of aryl methyl sites for hydroxylation is 1. The standard InChI is InChI=1S/C14H22N4O2/c1-17-7-6-16-12(17)13(20)18-8-11(9-19)14(10-18)2-4-15-5-3-14/h6-7,11,15,19H,2-5,8-10H2,1H3. The summed E-state index contributed by atoms with van der Waals surface area (Å²) in [6.45, 7) is 3.49. The fourth-order valence-electron chi connectivity index (χ4n) is 3.64. The highest BCUT2D eigenvalue weighted by Gasteiger charge is 2.48. The van der Waals surface area contributed by atoms with Crippen LogP contribution in [0.5, 0.6) is 0 Å². The van der Waals surface area contributed by atoms with Crippen LogP contribution in [-0.4, -0.2) is 58.3 Å². The summed E-state index contributed by atoms with van der Waals surface area (Å²) in [4.78, 5) is 18.6. The van der Waals surface area contributed by atoms with Crippen molar-refractivity contribution in [1.82, 2.24) is 19.8 Å². The van der Waals surface area contributed by atoms with Gasteiger partial charge in [0, 0.05) is 45.1 Å². The lowest BCUT2D eigenvalue weighted by atomic mass is 9.71. The third-order valence-electron chi connectivity index (χ3n) is 4.93. The van der Waals surface area contributed by atoms with Gasteiger partial charge in [0.1, 0.15) is 0 Å². The molecule has 20 heavy (non-hydrogen) atoms. The molecular weight excluding hydrogens is 256 g/mol. The topological polar surface area (TPSA) is 70.4 Å². The Hall–Kier alpha value is -1.40. The zero-order chi connectivity index (χ0) is 14.2. The molecule has 1 aromatic heterocycles. The minimum atomic E-state index is -0.0219. The Balaban J connectivity index is 1.80. The van der Waals surface area contributed by atoms with Gasteiger partial charge in [0.05, 0.1) is 0 Å². The molecule has 1 aromatic rings. The van der Waals surface area contributed by atoms with Crippen LogP contribution >= 0.6 is 0 Å². The number of aliphatic hydroxyl groups is 1. The average Bonchev–Trinajstić information content (AvgIpc) is 3.03. The Labute approximate surface area is 118 Å². The first-order chi connectivity index (χ1) is 9.66. The minimum Gasteiger partial charge on any atom is -0.396 e. The van der Waals surface area contributed by atoms with Gasteiger partial charge in [-0.1, -0.05) is 0 Å². The summed E-state index contributed by atoms with van der Waals surface area (Å²) < 4.78 is 1.75. The number of piperidine rings is 1. The van der Waals surface area contributed by atoms with Gasteiger partial charge in [-0.25, -0.2) is 4.98 Å². The lowest BCUT2D eigenvalue weighted by Gasteiger charge is -2.37. The highest BCUT2D eigenvalue weighted by molar-refractivity contribution is 5.91. The summed E-state index contributed by atoms with van der Waals surface area (Å²) in [5.74, 6) is 0.646. The zero-order valence-corrected chi connectivity index (χ0v) is 11.9. The van der Waals surface area contributed by atoms with E-state index in [1.807, 2.05) is 11.9 Å². The Morgan fingerprint density at radius 2 is 2.30 bits per heavy atom. The molecule has 0 aromatic carbocycles. The molecule has 2 aliphatic heterocycles. The summed E-state index contributed by atoms with van der Waals surface area (Å²) in [7, 11) is 1.83. The van der Waals surface area contributed by atoms with E-state index >= 15 is 0 Å². The molecule has 2 aliphatic rings. The van der Waals surface area contributed by atoms with Crippen LogP contribution in [0.1, 0.15) is 23.5 Å². The van der Waals surface area contributed by atoms with E-state index in [0.717, 1.165) is 32.5 Å². The minimum absolute atomic E-state index is 0.0219. The number of amides is 1. The smallest absolute Gasteiger partial charge is 0.289 e. The monoisotopic (exact) mass is 278 g/mol. The van der Waals surface area contributed by atoms with E-state index in [1.54, 1.807) is 17.0 Å². The van der Waals surface area contributed by atoms with Crippen LogP contribution in [-0.2, 0) is 7.05 Å². The Bertz CT molecular complexity index is 493. The highest BCUT2D eigenvalue weighted by atomic mass is 16.3. The number of rotatable bonds is 2. The number of carbonyl (C=O) groups excluding carboxylic acids is 1. The molecule has 0 aliphatic carbocycles. The van der Waals surface area contributed by atoms with Crippen LogP contribution in [0.15, 0.2) is 12.4 Å². The number of aromatic nitrogens is 2. The molecule has 1 atom stereocenters. The first kappa shape index (κ1) is 13.6. The van der Waals surface area contributed by atoms with Gasteiger partial charge in [-0.2, -0.15) is 0 Å². The average molecular weight is 278 g/mol. The SMILES string of the molecule is Cn1ccnc1C(=O)N1CC(CO)C2(CCNCC2)C1. The normalized spacial score (nSPS) is 25.3. The maximum absolute atomic E-state index is 12.6. The Kier molecular flexibility index (Phi) is 3.52. The zero-order valence-electron chi connectivity index (χ0n) is 11.9. The van der Waals surface area contributed by atoms with E-state index in [1.165, 1.54) is 0 Å². The summed E-state index contributed by atoms with van der Waals surface area (Å²) in [6, 6.07) is 0. The number of hydrogen-bond donors (Lipinski definition) is 2. The van der Waals surface area contributed by atoms with Crippen molar-refractivity contribution in [2.75, 3.05) is 32.8 Å². The summed E-state index contributed by atoms with van der Waals surface area (Å²) in [5.41, 5.74) is 0.0842. The molecule has 2 fully saturated rings. The molecule has 3 rings (SSSR count). The largest absolute Gasteiger partial charge is 0.396 e. The van der Waals surface area contributed by atoms with Crippen molar-refractivity contribution < 1.29 is 9.90 Å². The first-order valence-corrected chi connectivity index (χ1v) is 7.24. The van der Waals surface area contributed by atoms with Gasteiger partial charge in [-0.05, 0) is 31.3 Å². The van der Waals surface area contributed by atoms with Crippen molar-refractivity contribution in [3.05, 3.63) is 18.2 Å². The fourth-order valence-corrected chi connectivity index (χ4v) is 3.64. The predicted molar refractivity (Wildman–Crippen MR) is 74.2 cm³/mol. The van der Waals surface area contributed by atoms with Crippen molar-refractivity contribution in [3.63, 3.8) is 0 Å². The molecule has 1 amide bonds. The second-order valence-corrected chi connectivity index (χ2v) is 6.04. The lowest BCUT2D eigenvalue weighted by molar-refractivity contribution is 0.0741. The predicted octanol–water partition coefficient (Wildman–Crippen LogP) is -0.146. The van der Waals surface area contributed by atoms with Crippen molar-refractivity contribution in [2.45, 2.75) is 12.8 Å². The molecule has 2 saturated heterocycles. The quantitative estimate of drug-likeness (QED) is 0.789. The van der Waals surface area contributed by atoms with Crippen LogP contribution in [0.4, 0.5) is 0 Å². The van der Waals surface area contributed by atoms with E-state index in [0.29, 0.717) is 12.4 Å². The number of likely N-dealkylation sites (tertiary alicyclic amines) is 1. The Morgan fingerprint density at radius 3 is 2.90 bits per heavy atom. The van der Waals surface area contributed by atoms with E-state index in [4.69, 9.17) is 0 Å². The summed E-state index contributed by atoms with van der Waals surface area (Å²) >= 11 is 0. The third-order valence-corrected chi connectivity index (χ3v) is 4.93. The van der Waals surface area contributed by atoms with Crippen LogP contribution < -0.4 is 5.32 Å². The van der Waals surface area contributed by atoms with Crippen molar-refractivity contribution in [2.24, 2.45) is 18.4 Å². The van der Waals surface area contributed by atoms with Gasteiger partial charge in [-0.15, -0.1) is 0 Å². The highest BCUT2D eigenvalue weighted by Crippen LogP contribution is 2.43. The lowest BCUT2D eigenvalue weighted by Crippen LogP contribution is -2.43. The molecule has 6 nitrogen and oxygen atoms in total. The van der Waals surface area contributed by atoms with Crippen molar-refractivity contribution in [1.29, 1.82) is 0 Å². The summed E-state index contributed by atoms with van der Waals surface area (Å²) in [6.07, 6.45) is 5.49. The van der Waals surface area contributed by atoms with Crippen molar-refractivity contribution in [3.8, 4) is 0 Å². The van der Waals surface area contributed by atoms with Crippen LogP contribution in [0.2, 0.25) is 0 Å². The molecular formula is C14H22N4O2. The molecule has 0 radical (unpaired) electrons. The number of carbonyl (C=O) groups is 1. The van der Waals surface area contributed by atoms with Gasteiger partial charge >= 0.3 is 0 Å². The maximum Gasteiger partial charge on any atom is 0.289 e. The molecule has 6 heteroatoms. The van der Waals surface area contributed by atoms with Crippen LogP contribution in [0.25, 0.3) is 0 Å². The number of nitrogens with zero attached hydrogens (tertiary/aromatic N) is 3.